The van der Waals surface area contributed by atoms with Gasteiger partial charge in [0, 0.05) is 27.5 Å². The first-order chi connectivity index (χ1) is 62.4. The van der Waals surface area contributed by atoms with Crippen molar-refractivity contribution < 1.29 is 69.9 Å². The predicted molar refractivity (Wildman–Crippen MR) is 510 cm³/mol. The van der Waals surface area contributed by atoms with Crippen molar-refractivity contribution in [3.63, 3.8) is 0 Å². The molecule has 14 nitrogen and oxygen atoms in total. The monoisotopic (exact) mass is 1670 g/mol. The summed E-state index contributed by atoms with van der Waals surface area (Å²) in [6.07, 6.45) is 3.61. The summed E-state index contributed by atoms with van der Waals surface area (Å²) in [6.45, 7) is 0. The Balaban J connectivity index is 0.000000110. The van der Waals surface area contributed by atoms with Crippen LogP contribution in [0.3, 0.4) is 0 Å². The number of aromatic hydroxyl groups is 9. The molecule has 0 bridgehead atoms. The van der Waals surface area contributed by atoms with Gasteiger partial charge < -0.3 is 50.7 Å². The maximum atomic E-state index is 11.8. The highest BCUT2D eigenvalue weighted by Gasteiger charge is 2.46. The molecule has 0 heterocycles. The minimum Gasteiger partial charge on any atom is -0.508 e. The van der Waals surface area contributed by atoms with Crippen LogP contribution in [0, 0.1) is 0 Å². The van der Waals surface area contributed by atoms with E-state index >= 15 is 0 Å². The Hall–Kier alpha value is -17.4. The van der Waals surface area contributed by atoms with Gasteiger partial charge in [-0.25, -0.2) is 0 Å². The van der Waals surface area contributed by atoms with Gasteiger partial charge in [-0.05, 0) is 282 Å². The summed E-state index contributed by atoms with van der Waals surface area (Å²) < 4.78 is 5.78. The van der Waals surface area contributed by atoms with E-state index in [0.29, 0.717) is 64.6 Å². The van der Waals surface area contributed by atoms with Crippen molar-refractivity contribution in [1.29, 1.82) is 0 Å². The number of benzene rings is 21. The van der Waals surface area contributed by atoms with Gasteiger partial charge in [0.05, 0.1) is 22.1 Å². The van der Waals surface area contributed by atoms with Crippen LogP contribution < -0.4 is 4.74 Å². The molecule has 0 aliphatic heterocycles. The van der Waals surface area contributed by atoms with E-state index in [2.05, 4.69) is 115 Å². The van der Waals surface area contributed by atoms with Crippen LogP contribution >= 0.6 is 0 Å². The predicted octanol–water partition coefficient (Wildman–Crippen LogP) is 26.5. The molecule has 0 atom stereocenters. The minimum atomic E-state index is -0.591. The van der Waals surface area contributed by atoms with E-state index in [0.717, 1.165) is 137 Å². The lowest BCUT2D eigenvalue weighted by atomic mass is 9.67. The molecule has 0 radical (unpaired) electrons. The molecular formula is C114H78O14. The molecule has 21 aromatic rings. The zero-order valence-corrected chi connectivity index (χ0v) is 68.5. The largest absolute Gasteiger partial charge is 0.508 e. The number of carbonyl (C=O) groups is 4. The van der Waals surface area contributed by atoms with E-state index in [4.69, 9.17) is 4.74 Å². The number of phenolic OH excluding ortho intramolecular Hbond substituents is 9. The Morgan fingerprint density at radius 3 is 1.36 bits per heavy atom. The second-order valence-electron chi connectivity index (χ2n) is 31.5. The minimum absolute atomic E-state index is 0.000769. The van der Waals surface area contributed by atoms with Gasteiger partial charge in [0.1, 0.15) is 69.5 Å². The molecule has 0 saturated heterocycles. The Labute approximate surface area is 733 Å². The number of hydrogen-bond donors (Lipinski definition) is 9. The van der Waals surface area contributed by atoms with Crippen LogP contribution in [0.15, 0.2) is 382 Å². The molecular weight excluding hydrogens is 1590 g/mol. The van der Waals surface area contributed by atoms with Gasteiger partial charge in [-0.3, -0.25) is 19.2 Å². The van der Waals surface area contributed by atoms with Crippen LogP contribution in [0.2, 0.25) is 0 Å². The Morgan fingerprint density at radius 1 is 0.258 bits per heavy atom. The Bertz CT molecular complexity index is 7950. The quantitative estimate of drug-likeness (QED) is 0.0516. The fourth-order valence-corrected chi connectivity index (χ4v) is 17.6. The average molecular weight is 1670 g/mol. The van der Waals surface area contributed by atoms with E-state index in [1.54, 1.807) is 103 Å². The highest BCUT2D eigenvalue weighted by atomic mass is 16.5. The number of rotatable bonds is 12. The van der Waals surface area contributed by atoms with Gasteiger partial charge >= 0.3 is 0 Å². The zero-order valence-electron chi connectivity index (χ0n) is 68.5. The van der Waals surface area contributed by atoms with Crippen LogP contribution in [0.25, 0.3) is 130 Å². The smallest absolute Gasteiger partial charge is 0.154 e. The van der Waals surface area contributed by atoms with Crippen LogP contribution in [0.5, 0.6) is 63.2 Å². The van der Waals surface area contributed by atoms with Crippen molar-refractivity contribution in [2.45, 2.75) is 11.8 Å². The molecule has 0 spiro atoms. The normalized spacial score (nSPS) is 11.6. The molecule has 1 aliphatic rings. The average Bonchev–Trinajstić information content (AvgIpc) is 1.53. The van der Waals surface area contributed by atoms with E-state index in [-0.39, 0.29) is 57.3 Å². The molecule has 128 heavy (non-hydrogen) atoms. The first-order valence-electron chi connectivity index (χ1n) is 41.3. The molecule has 0 fully saturated rings. The maximum Gasteiger partial charge on any atom is 0.154 e. The van der Waals surface area contributed by atoms with Crippen molar-refractivity contribution in [2.24, 2.45) is 0 Å². The van der Waals surface area contributed by atoms with Crippen LogP contribution in [-0.4, -0.2) is 71.1 Å². The van der Waals surface area contributed by atoms with Crippen molar-refractivity contribution in [1.82, 2.24) is 0 Å². The number of hydrogen-bond acceptors (Lipinski definition) is 14. The number of phenols is 9. The number of fused-ring (bicyclic) bond motifs is 12. The van der Waals surface area contributed by atoms with E-state index < -0.39 is 5.41 Å². The number of carbonyl (C=O) groups excluding carboxylic acids is 4. The fourth-order valence-electron chi connectivity index (χ4n) is 17.6. The molecule has 14 heteroatoms. The lowest BCUT2D eigenvalue weighted by Gasteiger charge is -2.34. The first-order valence-corrected chi connectivity index (χ1v) is 41.3. The lowest BCUT2D eigenvalue weighted by Crippen LogP contribution is -2.28. The maximum absolute atomic E-state index is 11.8. The van der Waals surface area contributed by atoms with Gasteiger partial charge in [-0.15, -0.1) is 0 Å². The molecule has 1 aliphatic carbocycles. The summed E-state index contributed by atoms with van der Waals surface area (Å²) in [5.41, 5.74) is 13.4. The topological polar surface area (TPSA) is 260 Å². The third kappa shape index (κ3) is 15.9. The SMILES string of the molecule is O=Cc1c(O)ccc2cc(C3(c4ccc5cc(O)ccc5c4)c4ccccc4-c4ccccc43)ccc12.O=Cc1c(O)ccc2ccc(Cc3ccc4ccc(O)cc4c3)cc12.O=Cc1cc2ccccc2c(-c2c(O)ccc3ccccc23)c1O.O=Cc1ccc2cc(-c3ccc4cc(O)ccc4c3)ccc2c1.Oc1ccc(Oc2cccc3c(O)cccc23)cc1. The molecule has 0 amide bonds. The third-order valence-corrected chi connectivity index (χ3v) is 23.7. The van der Waals surface area contributed by atoms with Gasteiger partial charge in [-0.2, -0.15) is 0 Å². The summed E-state index contributed by atoms with van der Waals surface area (Å²) in [7, 11) is 0. The highest BCUT2D eigenvalue weighted by molar-refractivity contribution is 6.12. The second kappa shape index (κ2) is 34.9. The van der Waals surface area contributed by atoms with Crippen molar-refractivity contribution >= 4 is 122 Å². The Morgan fingerprint density at radius 2 is 0.711 bits per heavy atom. The number of ether oxygens (including phenoxy) is 1. The molecule has 0 unspecified atom stereocenters. The second-order valence-corrected chi connectivity index (χ2v) is 31.5. The zero-order chi connectivity index (χ0) is 88.3. The standard InChI is InChI=1S/C34H22O3.C22H16O3.C21H14O3.C21H14O2.C16H12O3/c35-20-30-27-15-13-25(18-23(27)11-16-33(30)37)34(24-12-9-22-19-26(36)14-10-21(22)17-24)31-7-3-1-5-28(31)29-6-2-4-8-32(29)34;23-13-21-20-11-15(2-4-17(20)6-8-22(21)25)9-14-1-3-16-5-7-19(24)12-18(16)10-14;22-12-15-11-14-6-2-4-8-17(14)20(21(15)24)19-16-7-3-1-5-13(16)9-10-18(19)23;22-13-14-1-2-16-10-17(4-3-15(16)9-14)18-5-6-20-12-21(23)8-7-19(20)11-18;17-11-7-9-12(10-8-11)19-16-6-2-3-13-14(16)4-1-5-15(13)18/h1-20,36-37H;1-8,10-13,24-25H,9H2;1-12,23-24H;1-13,23H;1-10,17-18H. The van der Waals surface area contributed by atoms with E-state index in [1.165, 1.54) is 22.3 Å². The highest BCUT2D eigenvalue weighted by Crippen LogP contribution is 2.57. The van der Waals surface area contributed by atoms with E-state index in [1.807, 2.05) is 164 Å². The van der Waals surface area contributed by atoms with E-state index in [9.17, 15) is 65.1 Å². The summed E-state index contributed by atoms with van der Waals surface area (Å²) in [5, 5.41) is 106. The fraction of sp³-hybridized carbons (Fsp3) is 0.0175. The molecule has 21 aromatic carbocycles. The first kappa shape index (κ1) is 81.6. The summed E-state index contributed by atoms with van der Waals surface area (Å²) in [6, 6.07) is 120. The van der Waals surface area contributed by atoms with Gasteiger partial charge in [0.2, 0.25) is 0 Å². The van der Waals surface area contributed by atoms with Crippen molar-refractivity contribution in [3.05, 3.63) is 438 Å². The van der Waals surface area contributed by atoms with Crippen molar-refractivity contribution in [2.75, 3.05) is 0 Å². The van der Waals surface area contributed by atoms with Crippen LogP contribution in [0.4, 0.5) is 0 Å². The number of aldehydes is 4. The Kier molecular flexibility index (Phi) is 22.2. The molecule has 9 N–H and O–H groups in total. The summed E-state index contributed by atoms with van der Waals surface area (Å²) >= 11 is 0. The third-order valence-electron chi connectivity index (χ3n) is 23.7. The lowest BCUT2D eigenvalue weighted by molar-refractivity contribution is 0.111. The van der Waals surface area contributed by atoms with Gasteiger partial charge in [0.15, 0.2) is 18.9 Å². The van der Waals surface area contributed by atoms with Crippen molar-refractivity contribution in [3.8, 4) is 96.6 Å². The van der Waals surface area contributed by atoms with Crippen LogP contribution in [-0.2, 0) is 11.8 Å². The summed E-state index contributed by atoms with van der Waals surface area (Å²) in [5.74, 6) is 2.44. The summed E-state index contributed by atoms with van der Waals surface area (Å²) in [4.78, 5) is 45.3. The molecule has 0 aromatic heterocycles. The van der Waals surface area contributed by atoms with Gasteiger partial charge in [-0.1, -0.05) is 249 Å². The van der Waals surface area contributed by atoms with Crippen LogP contribution in [0.1, 0.15) is 74.8 Å². The van der Waals surface area contributed by atoms with Gasteiger partial charge in [0.25, 0.3) is 0 Å². The molecule has 618 valence electrons. The molecule has 0 saturated carbocycles. The molecule has 22 rings (SSSR count).